The Morgan fingerprint density at radius 1 is 0.971 bits per heavy atom. The summed E-state index contributed by atoms with van der Waals surface area (Å²) < 4.78 is 35.2. The molecule has 0 aromatic heterocycles. The zero-order chi connectivity index (χ0) is 23.9. The standard InChI is InChI=1S/C26H21ClFNO5/c1-31-24-16-17(15-21-26(30)34-25(29-21)18-8-10-19(28)11-9-18)7-12-23(24)33-14-4-13-32-22-6-3-2-5-20(22)27/h2-3,5-12,15-16H,4,13-14H2,1H3. The van der Waals surface area contributed by atoms with Gasteiger partial charge in [-0.2, -0.15) is 0 Å². The van der Waals surface area contributed by atoms with Crippen molar-refractivity contribution in [3.63, 3.8) is 0 Å². The lowest BCUT2D eigenvalue weighted by molar-refractivity contribution is -0.129. The number of halogens is 2. The first-order chi connectivity index (χ1) is 16.5. The molecule has 0 radical (unpaired) electrons. The fourth-order valence-electron chi connectivity index (χ4n) is 3.16. The number of para-hydroxylation sites is 1. The Kier molecular flexibility index (Phi) is 7.44. The number of hydrogen-bond donors (Lipinski definition) is 0. The largest absolute Gasteiger partial charge is 0.493 e. The number of methoxy groups -OCH3 is 1. The summed E-state index contributed by atoms with van der Waals surface area (Å²) >= 11 is 6.07. The number of ether oxygens (including phenoxy) is 4. The van der Waals surface area contributed by atoms with Gasteiger partial charge in [0.2, 0.25) is 5.90 Å². The predicted octanol–water partition coefficient (Wildman–Crippen LogP) is 5.68. The van der Waals surface area contributed by atoms with E-state index in [1.54, 1.807) is 30.3 Å². The van der Waals surface area contributed by atoms with Crippen LogP contribution in [0, 0.1) is 5.82 Å². The first-order valence-electron chi connectivity index (χ1n) is 10.5. The molecule has 4 rings (SSSR count). The van der Waals surface area contributed by atoms with E-state index < -0.39 is 5.97 Å². The van der Waals surface area contributed by atoms with E-state index in [-0.39, 0.29) is 17.4 Å². The lowest BCUT2D eigenvalue weighted by Crippen LogP contribution is -2.06. The van der Waals surface area contributed by atoms with Gasteiger partial charge in [-0.15, -0.1) is 0 Å². The van der Waals surface area contributed by atoms with Gasteiger partial charge in [0.1, 0.15) is 11.6 Å². The van der Waals surface area contributed by atoms with E-state index in [9.17, 15) is 9.18 Å². The van der Waals surface area contributed by atoms with Gasteiger partial charge in [0.25, 0.3) is 0 Å². The second-order valence-corrected chi connectivity index (χ2v) is 7.64. The molecule has 3 aromatic carbocycles. The number of esters is 1. The van der Waals surface area contributed by atoms with Crippen molar-refractivity contribution in [1.82, 2.24) is 0 Å². The molecule has 0 N–H and O–H groups in total. The topological polar surface area (TPSA) is 66.4 Å². The molecule has 34 heavy (non-hydrogen) atoms. The lowest BCUT2D eigenvalue weighted by Gasteiger charge is -2.12. The molecule has 0 amide bonds. The van der Waals surface area contributed by atoms with Crippen molar-refractivity contribution in [1.29, 1.82) is 0 Å². The molecule has 0 saturated carbocycles. The van der Waals surface area contributed by atoms with Crippen LogP contribution in [0.4, 0.5) is 4.39 Å². The van der Waals surface area contributed by atoms with Gasteiger partial charge < -0.3 is 18.9 Å². The molecule has 6 nitrogen and oxygen atoms in total. The fraction of sp³-hybridized carbons (Fsp3) is 0.154. The third kappa shape index (κ3) is 5.74. The van der Waals surface area contributed by atoms with Gasteiger partial charge in [-0.25, -0.2) is 14.2 Å². The number of rotatable bonds is 9. The first-order valence-corrected chi connectivity index (χ1v) is 10.9. The Balaban J connectivity index is 1.37. The van der Waals surface area contributed by atoms with Crippen LogP contribution >= 0.6 is 11.6 Å². The molecule has 0 unspecified atom stereocenters. The molecule has 1 aliphatic heterocycles. The molecular weight excluding hydrogens is 461 g/mol. The molecule has 3 aromatic rings. The summed E-state index contributed by atoms with van der Waals surface area (Å²) in [6.45, 7) is 0.867. The van der Waals surface area contributed by atoms with Gasteiger partial charge in [0, 0.05) is 12.0 Å². The molecule has 0 fully saturated rings. The SMILES string of the molecule is COc1cc(C=C2N=C(c3ccc(F)cc3)OC2=O)ccc1OCCCOc1ccccc1Cl. The first kappa shape index (κ1) is 23.3. The van der Waals surface area contributed by atoms with Crippen molar-refractivity contribution in [2.75, 3.05) is 20.3 Å². The molecular formula is C26H21ClFNO5. The Morgan fingerprint density at radius 3 is 2.44 bits per heavy atom. The monoisotopic (exact) mass is 481 g/mol. The van der Waals surface area contributed by atoms with E-state index in [0.29, 0.717) is 53.0 Å². The number of cyclic esters (lactones) is 1. The smallest absolute Gasteiger partial charge is 0.363 e. The Hall–Kier alpha value is -3.84. The highest BCUT2D eigenvalue weighted by Crippen LogP contribution is 2.30. The summed E-state index contributed by atoms with van der Waals surface area (Å²) in [4.78, 5) is 16.5. The van der Waals surface area contributed by atoms with E-state index in [0.717, 1.165) is 0 Å². The minimum Gasteiger partial charge on any atom is -0.493 e. The van der Waals surface area contributed by atoms with Crippen molar-refractivity contribution < 1.29 is 28.1 Å². The van der Waals surface area contributed by atoms with Gasteiger partial charge in [0.05, 0.1) is 25.3 Å². The zero-order valence-electron chi connectivity index (χ0n) is 18.3. The van der Waals surface area contributed by atoms with Crippen molar-refractivity contribution in [2.45, 2.75) is 6.42 Å². The number of nitrogens with zero attached hydrogens (tertiary/aromatic N) is 1. The summed E-state index contributed by atoms with van der Waals surface area (Å²) in [5.41, 5.74) is 1.33. The third-order valence-electron chi connectivity index (χ3n) is 4.84. The molecule has 1 heterocycles. The molecule has 0 spiro atoms. The van der Waals surface area contributed by atoms with E-state index in [2.05, 4.69) is 4.99 Å². The van der Waals surface area contributed by atoms with E-state index in [1.807, 2.05) is 18.2 Å². The quantitative estimate of drug-likeness (QED) is 0.223. The number of benzene rings is 3. The van der Waals surface area contributed by atoms with Gasteiger partial charge >= 0.3 is 5.97 Å². The van der Waals surface area contributed by atoms with Crippen LogP contribution in [0.1, 0.15) is 17.5 Å². The van der Waals surface area contributed by atoms with E-state index in [4.69, 9.17) is 30.5 Å². The molecule has 0 atom stereocenters. The summed E-state index contributed by atoms with van der Waals surface area (Å²) in [7, 11) is 1.54. The second-order valence-electron chi connectivity index (χ2n) is 7.23. The number of hydrogen-bond acceptors (Lipinski definition) is 6. The number of carbonyl (C=O) groups is 1. The van der Waals surface area contributed by atoms with Crippen LogP contribution in [0.5, 0.6) is 17.2 Å². The minimum atomic E-state index is -0.586. The van der Waals surface area contributed by atoms with Crippen LogP contribution in [0.3, 0.4) is 0 Å². The Bertz CT molecular complexity index is 1240. The maximum atomic E-state index is 13.1. The van der Waals surface area contributed by atoms with Crippen LogP contribution in [0.25, 0.3) is 6.08 Å². The Labute approximate surface area is 201 Å². The van der Waals surface area contributed by atoms with Gasteiger partial charge in [-0.1, -0.05) is 29.8 Å². The number of aliphatic imine (C=N–C) groups is 1. The zero-order valence-corrected chi connectivity index (χ0v) is 19.0. The highest BCUT2D eigenvalue weighted by molar-refractivity contribution is 6.32. The van der Waals surface area contributed by atoms with Crippen molar-refractivity contribution in [2.24, 2.45) is 4.99 Å². The van der Waals surface area contributed by atoms with Gasteiger partial charge in [0.15, 0.2) is 17.2 Å². The summed E-state index contributed by atoms with van der Waals surface area (Å²) in [5, 5.41) is 0.565. The molecule has 174 valence electrons. The minimum absolute atomic E-state index is 0.127. The molecule has 1 aliphatic rings. The van der Waals surface area contributed by atoms with Crippen LogP contribution in [-0.4, -0.2) is 32.2 Å². The van der Waals surface area contributed by atoms with Crippen molar-refractivity contribution in [3.8, 4) is 17.2 Å². The summed E-state index contributed by atoms with van der Waals surface area (Å²) in [5.74, 6) is 0.864. The average molecular weight is 482 g/mol. The predicted molar refractivity (Wildman–Crippen MR) is 127 cm³/mol. The highest BCUT2D eigenvalue weighted by Gasteiger charge is 2.24. The van der Waals surface area contributed by atoms with Crippen molar-refractivity contribution in [3.05, 3.63) is 94.4 Å². The van der Waals surface area contributed by atoms with Crippen LogP contribution in [0.2, 0.25) is 5.02 Å². The lowest BCUT2D eigenvalue weighted by atomic mass is 10.1. The average Bonchev–Trinajstić information content (AvgIpc) is 3.21. The molecule has 0 aliphatic carbocycles. The summed E-state index contributed by atoms with van der Waals surface area (Å²) in [6.07, 6.45) is 2.23. The number of carbonyl (C=O) groups excluding carboxylic acids is 1. The van der Waals surface area contributed by atoms with Crippen LogP contribution < -0.4 is 14.2 Å². The van der Waals surface area contributed by atoms with Crippen LogP contribution in [0.15, 0.2) is 77.4 Å². The normalized spacial score (nSPS) is 14.0. The highest BCUT2D eigenvalue weighted by atomic mass is 35.5. The molecule has 8 heteroatoms. The van der Waals surface area contributed by atoms with Gasteiger partial charge in [-0.05, 0) is 60.2 Å². The van der Waals surface area contributed by atoms with Gasteiger partial charge in [-0.3, -0.25) is 0 Å². The molecule has 0 bridgehead atoms. The summed E-state index contributed by atoms with van der Waals surface area (Å²) in [6, 6.07) is 18.1. The maximum Gasteiger partial charge on any atom is 0.363 e. The Morgan fingerprint density at radius 2 is 1.71 bits per heavy atom. The van der Waals surface area contributed by atoms with Crippen molar-refractivity contribution >= 4 is 29.5 Å². The maximum absolute atomic E-state index is 13.1. The van der Waals surface area contributed by atoms with E-state index in [1.165, 1.54) is 31.4 Å². The third-order valence-corrected chi connectivity index (χ3v) is 5.16. The fourth-order valence-corrected chi connectivity index (χ4v) is 3.35. The van der Waals surface area contributed by atoms with Crippen LogP contribution in [-0.2, 0) is 9.53 Å². The van der Waals surface area contributed by atoms with E-state index >= 15 is 0 Å². The molecule has 0 saturated heterocycles. The second kappa shape index (κ2) is 10.9.